The van der Waals surface area contributed by atoms with Crippen LogP contribution >= 0.6 is 0 Å². The van der Waals surface area contributed by atoms with Crippen molar-refractivity contribution in [3.05, 3.63) is 112 Å². The zero-order valence-electron chi connectivity index (χ0n) is 24.6. The number of ether oxygens (including phenoxy) is 2. The molecule has 1 aromatic heterocycles. The van der Waals surface area contributed by atoms with E-state index in [2.05, 4.69) is 5.32 Å². The molecule has 3 aromatic carbocycles. The number of nitrogens with zero attached hydrogens (tertiary/aromatic N) is 1. The number of carbonyl (C=O) groups excluding carboxylic acids is 1. The van der Waals surface area contributed by atoms with Crippen molar-refractivity contribution in [2.75, 3.05) is 18.9 Å². The molecule has 12 heteroatoms. The first-order chi connectivity index (χ1) is 21.5. The summed E-state index contributed by atoms with van der Waals surface area (Å²) in [5.74, 6) is -4.64. The summed E-state index contributed by atoms with van der Waals surface area (Å²) in [5.41, 5.74) is 4.23. The van der Waals surface area contributed by atoms with Gasteiger partial charge in [0.15, 0.2) is 28.9 Å². The quantitative estimate of drug-likeness (QED) is 0.120. The fraction of sp³-hybridized carbons (Fsp3) is 0.242. The Morgan fingerprint density at radius 1 is 0.956 bits per heavy atom. The SMILES string of the molecule is CC(C)C[C@H](NCCCOc1ccccc1Oc1cc(F)c(-n2c(N)c(C(=O)c3ccc(F)cc3)ccc2=O)c(F)c1)C(=O)O. The van der Waals surface area contributed by atoms with Crippen LogP contribution in [0.2, 0.25) is 0 Å². The maximum absolute atomic E-state index is 15.4. The highest BCUT2D eigenvalue weighted by atomic mass is 19.1. The summed E-state index contributed by atoms with van der Waals surface area (Å²) < 4.78 is 56.2. The number of ketones is 1. The molecule has 4 N–H and O–H groups in total. The zero-order valence-corrected chi connectivity index (χ0v) is 24.6. The molecule has 0 amide bonds. The van der Waals surface area contributed by atoms with E-state index in [9.17, 15) is 23.9 Å². The number of carbonyl (C=O) groups is 2. The molecule has 236 valence electrons. The molecule has 0 unspecified atom stereocenters. The maximum Gasteiger partial charge on any atom is 0.320 e. The Kier molecular flexibility index (Phi) is 10.6. The van der Waals surface area contributed by atoms with Crippen LogP contribution in [0, 0.1) is 23.4 Å². The predicted octanol–water partition coefficient (Wildman–Crippen LogP) is 5.72. The summed E-state index contributed by atoms with van der Waals surface area (Å²) in [6, 6.07) is 14.2. The zero-order chi connectivity index (χ0) is 32.7. The molecular formula is C33H32F3N3O6. The molecule has 4 aromatic rings. The average Bonchev–Trinajstić information content (AvgIpc) is 2.98. The van der Waals surface area contributed by atoms with Gasteiger partial charge < -0.3 is 25.6 Å². The predicted molar refractivity (Wildman–Crippen MR) is 162 cm³/mol. The number of nitrogens with one attached hydrogen (secondary N) is 1. The van der Waals surface area contributed by atoms with E-state index in [-0.39, 0.29) is 40.9 Å². The monoisotopic (exact) mass is 623 g/mol. The highest BCUT2D eigenvalue weighted by Crippen LogP contribution is 2.34. The number of aromatic nitrogens is 1. The fourth-order valence-electron chi connectivity index (χ4n) is 4.60. The molecule has 0 fully saturated rings. The van der Waals surface area contributed by atoms with Crippen LogP contribution in [0.3, 0.4) is 0 Å². The van der Waals surface area contributed by atoms with Gasteiger partial charge in [-0.25, -0.2) is 13.2 Å². The molecular weight excluding hydrogens is 591 g/mol. The Balaban J connectivity index is 1.51. The molecule has 1 heterocycles. The summed E-state index contributed by atoms with van der Waals surface area (Å²) in [6.45, 7) is 4.48. The van der Waals surface area contributed by atoms with Gasteiger partial charge in [0, 0.05) is 23.8 Å². The van der Waals surface area contributed by atoms with E-state index in [1.54, 1.807) is 18.2 Å². The van der Waals surface area contributed by atoms with Crippen molar-refractivity contribution in [2.24, 2.45) is 5.92 Å². The number of nitrogen functional groups attached to an aromatic ring is 1. The second kappa shape index (κ2) is 14.6. The van der Waals surface area contributed by atoms with Gasteiger partial charge in [-0.05, 0) is 67.8 Å². The van der Waals surface area contributed by atoms with Gasteiger partial charge in [0.1, 0.15) is 29.1 Å². The number of anilines is 1. The van der Waals surface area contributed by atoms with Gasteiger partial charge in [-0.2, -0.15) is 0 Å². The van der Waals surface area contributed by atoms with Crippen LogP contribution in [0.5, 0.6) is 17.2 Å². The number of benzene rings is 3. The number of aliphatic carboxylic acids is 1. The van der Waals surface area contributed by atoms with E-state index < -0.39 is 52.3 Å². The summed E-state index contributed by atoms with van der Waals surface area (Å²) in [4.78, 5) is 37.1. The van der Waals surface area contributed by atoms with Crippen molar-refractivity contribution in [1.29, 1.82) is 0 Å². The average molecular weight is 624 g/mol. The molecule has 9 nitrogen and oxygen atoms in total. The first-order valence-corrected chi connectivity index (χ1v) is 14.1. The van der Waals surface area contributed by atoms with Gasteiger partial charge in [0.25, 0.3) is 5.56 Å². The molecule has 0 spiro atoms. The van der Waals surface area contributed by atoms with Gasteiger partial charge >= 0.3 is 5.97 Å². The number of para-hydroxylation sites is 2. The lowest BCUT2D eigenvalue weighted by Crippen LogP contribution is -2.38. The number of carboxylic acid groups (broad SMARTS) is 1. The molecule has 0 aliphatic carbocycles. The van der Waals surface area contributed by atoms with Crippen LogP contribution in [0.1, 0.15) is 42.6 Å². The number of nitrogens with two attached hydrogens (primary N) is 1. The number of carboxylic acids is 1. The normalized spacial score (nSPS) is 11.8. The standard InChI is InChI=1S/C33H32F3N3O6/c1-19(2)16-26(33(42)43)38-14-5-15-44-27-6-3-4-7-28(27)45-22-17-24(35)30(25(36)18-22)39-29(40)13-12-23(32(39)37)31(41)20-8-10-21(34)11-9-20/h3-4,6-13,17-19,26,38H,5,14-16,37H2,1-2H3,(H,42,43)/t26-/m0/s1. The molecule has 1 atom stereocenters. The molecule has 0 saturated carbocycles. The Morgan fingerprint density at radius 3 is 2.22 bits per heavy atom. The summed E-state index contributed by atoms with van der Waals surface area (Å²) in [6.07, 6.45) is 0.965. The number of hydrogen-bond donors (Lipinski definition) is 3. The van der Waals surface area contributed by atoms with Crippen LogP contribution in [-0.2, 0) is 4.79 Å². The minimum absolute atomic E-state index is 0.0609. The van der Waals surface area contributed by atoms with Crippen LogP contribution in [-0.4, -0.2) is 40.6 Å². The lowest BCUT2D eigenvalue weighted by atomic mass is 10.0. The summed E-state index contributed by atoms with van der Waals surface area (Å²) in [5, 5.41) is 12.3. The van der Waals surface area contributed by atoms with Crippen molar-refractivity contribution < 1.29 is 37.3 Å². The lowest BCUT2D eigenvalue weighted by molar-refractivity contribution is -0.139. The molecule has 0 radical (unpaired) electrons. The maximum atomic E-state index is 15.4. The third-order valence-corrected chi connectivity index (χ3v) is 6.75. The number of halogens is 3. The summed E-state index contributed by atoms with van der Waals surface area (Å²) in [7, 11) is 0. The van der Waals surface area contributed by atoms with Crippen LogP contribution in [0.4, 0.5) is 19.0 Å². The highest BCUT2D eigenvalue weighted by Gasteiger charge is 2.23. The van der Waals surface area contributed by atoms with Gasteiger partial charge in [-0.15, -0.1) is 0 Å². The second-order valence-corrected chi connectivity index (χ2v) is 10.6. The Hall–Kier alpha value is -5.10. The van der Waals surface area contributed by atoms with Gasteiger partial charge in [-0.1, -0.05) is 26.0 Å². The third-order valence-electron chi connectivity index (χ3n) is 6.75. The van der Waals surface area contributed by atoms with Gasteiger partial charge in [0.2, 0.25) is 0 Å². The van der Waals surface area contributed by atoms with Crippen molar-refractivity contribution in [1.82, 2.24) is 9.88 Å². The molecule has 45 heavy (non-hydrogen) atoms. The number of pyridine rings is 1. The third kappa shape index (κ3) is 8.09. The Bertz CT molecular complexity index is 1720. The van der Waals surface area contributed by atoms with Crippen molar-refractivity contribution in [3.8, 4) is 22.9 Å². The molecule has 0 aliphatic rings. The Labute approximate surface area is 257 Å². The highest BCUT2D eigenvalue weighted by molar-refractivity contribution is 6.11. The lowest BCUT2D eigenvalue weighted by Gasteiger charge is -2.17. The van der Waals surface area contributed by atoms with Crippen LogP contribution in [0.15, 0.2) is 77.6 Å². The van der Waals surface area contributed by atoms with E-state index in [1.807, 2.05) is 13.8 Å². The summed E-state index contributed by atoms with van der Waals surface area (Å²) >= 11 is 0. The van der Waals surface area contributed by atoms with Gasteiger partial charge in [0.05, 0.1) is 12.2 Å². The van der Waals surface area contributed by atoms with Gasteiger partial charge in [-0.3, -0.25) is 19.0 Å². The minimum Gasteiger partial charge on any atom is -0.490 e. The van der Waals surface area contributed by atoms with Crippen molar-refractivity contribution in [2.45, 2.75) is 32.7 Å². The van der Waals surface area contributed by atoms with Crippen LogP contribution in [0.25, 0.3) is 5.69 Å². The van der Waals surface area contributed by atoms with E-state index in [4.69, 9.17) is 15.2 Å². The van der Waals surface area contributed by atoms with E-state index >= 15 is 8.78 Å². The first kappa shape index (κ1) is 32.8. The van der Waals surface area contributed by atoms with E-state index in [0.717, 1.165) is 36.4 Å². The fourth-order valence-corrected chi connectivity index (χ4v) is 4.60. The molecule has 4 rings (SSSR count). The minimum atomic E-state index is -1.19. The van der Waals surface area contributed by atoms with Crippen molar-refractivity contribution in [3.63, 3.8) is 0 Å². The molecule has 0 aliphatic heterocycles. The number of hydrogen-bond acceptors (Lipinski definition) is 7. The largest absolute Gasteiger partial charge is 0.490 e. The van der Waals surface area contributed by atoms with E-state index in [0.29, 0.717) is 24.0 Å². The number of rotatable bonds is 14. The smallest absolute Gasteiger partial charge is 0.320 e. The second-order valence-electron chi connectivity index (χ2n) is 10.6. The van der Waals surface area contributed by atoms with E-state index in [1.165, 1.54) is 18.2 Å². The molecule has 0 saturated heterocycles. The van der Waals surface area contributed by atoms with Crippen LogP contribution < -0.4 is 26.1 Å². The Morgan fingerprint density at radius 2 is 1.60 bits per heavy atom. The molecule has 0 bridgehead atoms. The first-order valence-electron chi connectivity index (χ1n) is 14.1. The topological polar surface area (TPSA) is 133 Å². The van der Waals surface area contributed by atoms with Crippen molar-refractivity contribution >= 4 is 17.6 Å².